The first kappa shape index (κ1) is 23.8. The Kier molecular flexibility index (Phi) is 6.53. The van der Waals surface area contributed by atoms with Gasteiger partial charge >= 0.3 is 0 Å². The molecule has 4 nitrogen and oxygen atoms in total. The van der Waals surface area contributed by atoms with Crippen LogP contribution in [-0.4, -0.2) is 28.5 Å². The average molecular weight is 489 g/mol. The van der Waals surface area contributed by atoms with Crippen molar-refractivity contribution in [1.29, 1.82) is 0 Å². The lowest BCUT2D eigenvalue weighted by atomic mass is 9.70. The van der Waals surface area contributed by atoms with E-state index in [-0.39, 0.29) is 17.4 Å². The van der Waals surface area contributed by atoms with E-state index in [1.54, 1.807) is 17.8 Å². The molecule has 6 heteroatoms. The van der Waals surface area contributed by atoms with Gasteiger partial charge in [-0.05, 0) is 91.0 Å². The van der Waals surface area contributed by atoms with E-state index in [1.807, 2.05) is 61.7 Å². The van der Waals surface area contributed by atoms with Gasteiger partial charge in [-0.25, -0.2) is 4.39 Å². The average Bonchev–Trinajstić information content (AvgIpc) is 2.85. The van der Waals surface area contributed by atoms with Gasteiger partial charge in [-0.15, -0.1) is 11.8 Å². The van der Waals surface area contributed by atoms with Crippen molar-refractivity contribution in [3.05, 3.63) is 111 Å². The summed E-state index contributed by atoms with van der Waals surface area (Å²) in [5, 5.41) is 16.7. The maximum Gasteiger partial charge on any atom is 0.252 e. The summed E-state index contributed by atoms with van der Waals surface area (Å²) in [5.74, 6) is -0.785. The van der Waals surface area contributed by atoms with Crippen LogP contribution in [0.3, 0.4) is 0 Å². The van der Waals surface area contributed by atoms with Crippen LogP contribution in [0.2, 0.25) is 0 Å². The number of thioether (sulfide) groups is 1. The molecule has 35 heavy (non-hydrogen) atoms. The third kappa shape index (κ3) is 4.66. The van der Waals surface area contributed by atoms with Gasteiger partial charge in [0.15, 0.2) is 0 Å². The van der Waals surface area contributed by atoms with Crippen LogP contribution in [0.25, 0.3) is 10.9 Å². The number of nitrogens with one attached hydrogen (secondary N) is 2. The maximum absolute atomic E-state index is 13.8. The van der Waals surface area contributed by atoms with Crippen molar-refractivity contribution in [3.63, 3.8) is 0 Å². The Bertz CT molecular complexity index is 1420. The number of pyridine rings is 1. The lowest BCUT2D eigenvalue weighted by molar-refractivity contribution is -0.0194. The molecule has 1 aromatic heterocycles. The quantitative estimate of drug-likeness (QED) is 0.316. The molecule has 1 fully saturated rings. The molecule has 3 N–H and O–H groups in total. The van der Waals surface area contributed by atoms with Crippen molar-refractivity contribution in [1.82, 2.24) is 10.3 Å². The van der Waals surface area contributed by atoms with Gasteiger partial charge in [-0.3, -0.25) is 4.79 Å². The molecule has 1 aliphatic rings. The molecule has 0 aliphatic carbocycles. The zero-order valence-electron chi connectivity index (χ0n) is 19.8. The third-order valence-corrected chi connectivity index (χ3v) is 7.90. The minimum atomic E-state index is -1.17. The number of aliphatic hydroxyl groups is 1. The smallest absolute Gasteiger partial charge is 0.252 e. The lowest BCUT2D eigenvalue weighted by Gasteiger charge is -2.43. The van der Waals surface area contributed by atoms with Crippen molar-refractivity contribution in [2.24, 2.45) is 0 Å². The molecule has 0 spiro atoms. The summed E-state index contributed by atoms with van der Waals surface area (Å²) in [5.41, 5.74) is 2.68. The Hall–Kier alpha value is -2.93. The molecule has 180 valence electrons. The third-order valence-electron chi connectivity index (χ3n) is 7.17. The van der Waals surface area contributed by atoms with E-state index in [1.165, 1.54) is 12.1 Å². The van der Waals surface area contributed by atoms with Crippen LogP contribution in [0.1, 0.15) is 47.1 Å². The van der Waals surface area contributed by atoms with Gasteiger partial charge in [-0.2, -0.15) is 0 Å². The maximum atomic E-state index is 13.8. The number of rotatable bonds is 5. The van der Waals surface area contributed by atoms with E-state index in [2.05, 4.69) is 16.4 Å². The van der Waals surface area contributed by atoms with Crippen molar-refractivity contribution in [3.8, 4) is 0 Å². The summed E-state index contributed by atoms with van der Waals surface area (Å²) in [6, 6.07) is 22.3. The van der Waals surface area contributed by atoms with Gasteiger partial charge in [0, 0.05) is 27.9 Å². The first-order valence-electron chi connectivity index (χ1n) is 11.9. The Labute approximate surface area is 208 Å². The molecule has 2 heterocycles. The fraction of sp³-hybridized carbons (Fsp3) is 0.276. The molecule has 3 unspecified atom stereocenters. The first-order valence-corrected chi connectivity index (χ1v) is 13.1. The molecule has 1 aliphatic heterocycles. The number of hydrogen-bond acceptors (Lipinski definition) is 4. The number of H-pyrrole nitrogens is 1. The molecule has 3 atom stereocenters. The Balaban J connectivity index is 1.63. The lowest BCUT2D eigenvalue weighted by Crippen LogP contribution is -2.49. The van der Waals surface area contributed by atoms with Gasteiger partial charge in [0.1, 0.15) is 5.82 Å². The molecule has 3 aromatic carbocycles. The number of benzene rings is 3. The summed E-state index contributed by atoms with van der Waals surface area (Å²) in [6.45, 7) is 2.48. The number of fused-ring (bicyclic) bond motifs is 1. The molecule has 0 radical (unpaired) electrons. The molecular formula is C29H29FN2O2S. The fourth-order valence-electron chi connectivity index (χ4n) is 5.47. The van der Waals surface area contributed by atoms with Crippen molar-refractivity contribution >= 4 is 22.7 Å². The molecule has 1 saturated heterocycles. The van der Waals surface area contributed by atoms with E-state index in [9.17, 15) is 14.3 Å². The number of aryl methyl sites for hydroxylation is 1. The predicted molar refractivity (Wildman–Crippen MR) is 141 cm³/mol. The normalized spacial score (nSPS) is 21.2. The van der Waals surface area contributed by atoms with Crippen LogP contribution in [0.15, 0.2) is 82.5 Å². The topological polar surface area (TPSA) is 65.1 Å². The van der Waals surface area contributed by atoms with Crippen LogP contribution < -0.4 is 10.9 Å². The minimum Gasteiger partial charge on any atom is -0.389 e. The minimum absolute atomic E-state index is 0.150. The predicted octanol–water partition coefficient (Wildman–Crippen LogP) is 5.69. The van der Waals surface area contributed by atoms with Crippen molar-refractivity contribution in [2.45, 2.75) is 42.2 Å². The molecule has 0 bridgehead atoms. The Morgan fingerprint density at radius 2 is 1.89 bits per heavy atom. The summed E-state index contributed by atoms with van der Waals surface area (Å²) >= 11 is 1.65. The number of hydrogen-bond donors (Lipinski definition) is 3. The van der Waals surface area contributed by atoms with Crippen LogP contribution in [-0.2, 0) is 0 Å². The molecule has 5 rings (SSSR count). The highest BCUT2D eigenvalue weighted by Crippen LogP contribution is 2.44. The highest BCUT2D eigenvalue weighted by Gasteiger charge is 2.44. The zero-order chi connectivity index (χ0) is 24.6. The van der Waals surface area contributed by atoms with Gasteiger partial charge < -0.3 is 15.4 Å². The summed E-state index contributed by atoms with van der Waals surface area (Å²) in [4.78, 5) is 17.6. The summed E-state index contributed by atoms with van der Waals surface area (Å²) in [7, 11) is 0. The highest BCUT2D eigenvalue weighted by molar-refractivity contribution is 7.98. The molecule has 4 aromatic rings. The Morgan fingerprint density at radius 3 is 2.63 bits per heavy atom. The number of halogens is 1. The second kappa shape index (κ2) is 9.61. The number of aromatic amines is 1. The largest absolute Gasteiger partial charge is 0.389 e. The molecular weight excluding hydrogens is 459 g/mol. The number of piperidine rings is 1. The second-order valence-corrected chi connectivity index (χ2v) is 10.3. The van der Waals surface area contributed by atoms with Crippen molar-refractivity contribution < 1.29 is 9.50 Å². The monoisotopic (exact) mass is 488 g/mol. The SMILES string of the molecule is CSc1ccc2[nH]c(=O)c(C(c3ccccc3)C3(O)CCNC(c4ccc(F)cc4C)C3)cc2c1. The van der Waals surface area contributed by atoms with E-state index in [0.29, 0.717) is 24.9 Å². The highest BCUT2D eigenvalue weighted by atomic mass is 32.2. The van der Waals surface area contributed by atoms with E-state index in [0.717, 1.165) is 32.5 Å². The van der Waals surface area contributed by atoms with Crippen LogP contribution in [0, 0.1) is 12.7 Å². The van der Waals surface area contributed by atoms with E-state index >= 15 is 0 Å². The summed E-state index contributed by atoms with van der Waals surface area (Å²) in [6.07, 6.45) is 2.92. The van der Waals surface area contributed by atoms with E-state index < -0.39 is 11.5 Å². The van der Waals surface area contributed by atoms with Gasteiger partial charge in [-0.1, -0.05) is 36.4 Å². The standard InChI is InChI=1S/C29H29FN2O2S/c1-18-14-21(30)8-10-23(18)26-17-29(34,12-13-31-26)27(19-6-4-3-5-7-19)24-16-20-15-22(35-2)9-11-25(20)32-28(24)33/h3-11,14-16,26-27,31,34H,12-13,17H2,1-2H3,(H,32,33). The molecule has 0 saturated carbocycles. The van der Waals surface area contributed by atoms with Crippen LogP contribution in [0.4, 0.5) is 4.39 Å². The Morgan fingerprint density at radius 1 is 1.09 bits per heavy atom. The van der Waals surface area contributed by atoms with Gasteiger partial charge in [0.2, 0.25) is 0 Å². The molecule has 0 amide bonds. The fourth-order valence-corrected chi connectivity index (χ4v) is 5.92. The van der Waals surface area contributed by atoms with Crippen LogP contribution >= 0.6 is 11.8 Å². The first-order chi connectivity index (χ1) is 16.9. The van der Waals surface area contributed by atoms with Gasteiger partial charge in [0.05, 0.1) is 5.60 Å². The van der Waals surface area contributed by atoms with Crippen molar-refractivity contribution in [2.75, 3.05) is 12.8 Å². The van der Waals surface area contributed by atoms with Gasteiger partial charge in [0.25, 0.3) is 5.56 Å². The van der Waals surface area contributed by atoms with E-state index in [4.69, 9.17) is 0 Å². The summed E-state index contributed by atoms with van der Waals surface area (Å²) < 4.78 is 13.8. The second-order valence-electron chi connectivity index (χ2n) is 9.42. The van der Waals surface area contributed by atoms with Crippen LogP contribution in [0.5, 0.6) is 0 Å². The zero-order valence-corrected chi connectivity index (χ0v) is 20.7. The number of aromatic nitrogens is 1.